The summed E-state index contributed by atoms with van der Waals surface area (Å²) in [5.74, 6) is 0.218. The molecular formula is C14H17N3OS. The van der Waals surface area contributed by atoms with Gasteiger partial charge in [-0.3, -0.25) is 4.79 Å². The van der Waals surface area contributed by atoms with Crippen molar-refractivity contribution in [1.29, 1.82) is 0 Å². The Morgan fingerprint density at radius 1 is 1.42 bits per heavy atom. The summed E-state index contributed by atoms with van der Waals surface area (Å²) in [6, 6.07) is 7.74. The monoisotopic (exact) mass is 275 g/mol. The fraction of sp³-hybridized carbons (Fsp3) is 0.286. The van der Waals surface area contributed by atoms with Crippen LogP contribution in [0.5, 0.6) is 0 Å². The zero-order valence-corrected chi connectivity index (χ0v) is 12.0. The van der Waals surface area contributed by atoms with E-state index in [4.69, 9.17) is 5.73 Å². The van der Waals surface area contributed by atoms with E-state index in [2.05, 4.69) is 10.3 Å². The summed E-state index contributed by atoms with van der Waals surface area (Å²) in [5, 5.41) is 3.84. The number of benzene rings is 1. The standard InChI is InChI=1S/C14H17N3OS/c1-8(2)16-14-17-13(15)12(19-14)11(18)10-6-4-5-9(3)7-10/h4-8H,15H2,1-3H3,(H,16,17). The van der Waals surface area contributed by atoms with Crippen molar-refractivity contribution in [3.05, 3.63) is 40.3 Å². The molecule has 0 atom stereocenters. The molecule has 0 aliphatic rings. The fourth-order valence-corrected chi connectivity index (χ4v) is 2.71. The highest BCUT2D eigenvalue weighted by molar-refractivity contribution is 7.18. The zero-order chi connectivity index (χ0) is 14.0. The van der Waals surface area contributed by atoms with Gasteiger partial charge in [0.1, 0.15) is 10.7 Å². The molecule has 0 bridgehead atoms. The fourth-order valence-electron chi connectivity index (χ4n) is 1.72. The number of aryl methyl sites for hydroxylation is 1. The molecule has 0 unspecified atom stereocenters. The average molecular weight is 275 g/mol. The largest absolute Gasteiger partial charge is 0.382 e. The first-order valence-electron chi connectivity index (χ1n) is 6.11. The van der Waals surface area contributed by atoms with Gasteiger partial charge in [-0.05, 0) is 26.8 Å². The van der Waals surface area contributed by atoms with E-state index in [1.165, 1.54) is 11.3 Å². The molecule has 100 valence electrons. The van der Waals surface area contributed by atoms with Crippen LogP contribution in [0.2, 0.25) is 0 Å². The number of nitrogens with zero attached hydrogens (tertiary/aromatic N) is 1. The summed E-state index contributed by atoms with van der Waals surface area (Å²) >= 11 is 1.30. The van der Waals surface area contributed by atoms with Gasteiger partial charge >= 0.3 is 0 Å². The number of nitrogens with one attached hydrogen (secondary N) is 1. The lowest BCUT2D eigenvalue weighted by Gasteiger charge is -2.04. The quantitative estimate of drug-likeness (QED) is 0.841. The number of ketones is 1. The Bertz CT molecular complexity index is 604. The summed E-state index contributed by atoms with van der Waals surface area (Å²) in [5.41, 5.74) is 7.53. The Kier molecular flexibility index (Phi) is 3.85. The van der Waals surface area contributed by atoms with E-state index in [1.54, 1.807) is 6.07 Å². The van der Waals surface area contributed by atoms with E-state index in [0.717, 1.165) is 5.56 Å². The van der Waals surface area contributed by atoms with Crippen LogP contribution in [0.3, 0.4) is 0 Å². The molecule has 4 nitrogen and oxygen atoms in total. The van der Waals surface area contributed by atoms with E-state index >= 15 is 0 Å². The lowest BCUT2D eigenvalue weighted by atomic mass is 10.1. The number of carbonyl (C=O) groups is 1. The van der Waals surface area contributed by atoms with Crippen LogP contribution in [0.25, 0.3) is 0 Å². The molecule has 0 aliphatic carbocycles. The van der Waals surface area contributed by atoms with Crippen LogP contribution in [0.1, 0.15) is 34.6 Å². The number of thiazole rings is 1. The van der Waals surface area contributed by atoms with Gasteiger partial charge in [0, 0.05) is 11.6 Å². The van der Waals surface area contributed by atoms with Crippen molar-refractivity contribution in [3.8, 4) is 0 Å². The molecule has 0 radical (unpaired) electrons. The third-order valence-electron chi connectivity index (χ3n) is 2.55. The second-order valence-electron chi connectivity index (χ2n) is 4.73. The highest BCUT2D eigenvalue weighted by atomic mass is 32.1. The number of aromatic nitrogens is 1. The number of carbonyl (C=O) groups excluding carboxylic acids is 1. The molecule has 1 heterocycles. The van der Waals surface area contributed by atoms with Gasteiger partial charge in [0.25, 0.3) is 0 Å². The van der Waals surface area contributed by atoms with Crippen LogP contribution < -0.4 is 11.1 Å². The molecule has 0 aliphatic heterocycles. The topological polar surface area (TPSA) is 68.0 Å². The summed E-state index contributed by atoms with van der Waals surface area (Å²) in [6.45, 7) is 5.98. The van der Waals surface area contributed by atoms with Gasteiger partial charge in [0.2, 0.25) is 5.78 Å². The van der Waals surface area contributed by atoms with E-state index < -0.39 is 0 Å². The van der Waals surface area contributed by atoms with E-state index in [9.17, 15) is 4.79 Å². The van der Waals surface area contributed by atoms with Crippen molar-refractivity contribution in [2.75, 3.05) is 11.1 Å². The molecule has 2 aromatic rings. The van der Waals surface area contributed by atoms with Crippen LogP contribution in [-0.2, 0) is 0 Å². The molecule has 0 amide bonds. The Labute approximate surface area is 116 Å². The van der Waals surface area contributed by atoms with Crippen LogP contribution in [0, 0.1) is 6.92 Å². The van der Waals surface area contributed by atoms with E-state index in [-0.39, 0.29) is 11.8 Å². The molecule has 0 saturated heterocycles. The predicted molar refractivity (Wildman–Crippen MR) is 79.9 cm³/mol. The third kappa shape index (κ3) is 3.12. The molecule has 19 heavy (non-hydrogen) atoms. The molecule has 1 aromatic carbocycles. The number of nitrogens with two attached hydrogens (primary N) is 1. The number of hydrogen-bond acceptors (Lipinski definition) is 5. The van der Waals surface area contributed by atoms with Crippen LogP contribution in [0.15, 0.2) is 24.3 Å². The van der Waals surface area contributed by atoms with Gasteiger partial charge in [-0.1, -0.05) is 35.1 Å². The van der Waals surface area contributed by atoms with E-state index in [1.807, 2.05) is 39.0 Å². The SMILES string of the molecule is Cc1cccc(C(=O)c2sc(NC(C)C)nc2N)c1. The molecule has 5 heteroatoms. The van der Waals surface area contributed by atoms with Crippen molar-refractivity contribution in [3.63, 3.8) is 0 Å². The number of nitrogen functional groups attached to an aromatic ring is 1. The summed E-state index contributed by atoms with van der Waals surface area (Å²) in [7, 11) is 0. The van der Waals surface area contributed by atoms with Gasteiger partial charge < -0.3 is 11.1 Å². The molecule has 3 N–H and O–H groups in total. The van der Waals surface area contributed by atoms with Gasteiger partial charge in [-0.25, -0.2) is 4.98 Å². The Hall–Kier alpha value is -1.88. The second kappa shape index (κ2) is 5.40. The smallest absolute Gasteiger partial charge is 0.206 e. The Morgan fingerprint density at radius 2 is 2.16 bits per heavy atom. The van der Waals surface area contributed by atoms with Gasteiger partial charge in [0.05, 0.1) is 0 Å². The summed E-state index contributed by atoms with van der Waals surface area (Å²) in [4.78, 5) is 17.1. The lowest BCUT2D eigenvalue weighted by molar-refractivity contribution is 0.104. The maximum atomic E-state index is 12.4. The van der Waals surface area contributed by atoms with Crippen molar-refractivity contribution in [1.82, 2.24) is 4.98 Å². The van der Waals surface area contributed by atoms with Crippen molar-refractivity contribution in [2.24, 2.45) is 0 Å². The first-order chi connectivity index (χ1) is 8.97. The Morgan fingerprint density at radius 3 is 2.79 bits per heavy atom. The van der Waals surface area contributed by atoms with Crippen LogP contribution >= 0.6 is 11.3 Å². The van der Waals surface area contributed by atoms with Crippen LogP contribution in [-0.4, -0.2) is 16.8 Å². The second-order valence-corrected chi connectivity index (χ2v) is 5.73. The maximum Gasteiger partial charge on any atom is 0.206 e. The van der Waals surface area contributed by atoms with Crippen molar-refractivity contribution in [2.45, 2.75) is 26.8 Å². The minimum Gasteiger partial charge on any atom is -0.382 e. The summed E-state index contributed by atoms with van der Waals surface area (Å²) < 4.78 is 0. The first-order valence-corrected chi connectivity index (χ1v) is 6.93. The minimum atomic E-state index is -0.0736. The van der Waals surface area contributed by atoms with Gasteiger partial charge in [0.15, 0.2) is 5.13 Å². The highest BCUT2D eigenvalue weighted by Gasteiger charge is 2.18. The van der Waals surface area contributed by atoms with Crippen LogP contribution in [0.4, 0.5) is 10.9 Å². The predicted octanol–water partition coefficient (Wildman–Crippen LogP) is 3.09. The number of hydrogen-bond donors (Lipinski definition) is 2. The van der Waals surface area contributed by atoms with E-state index in [0.29, 0.717) is 21.4 Å². The lowest BCUT2D eigenvalue weighted by Crippen LogP contribution is -2.09. The normalized spacial score (nSPS) is 10.7. The highest BCUT2D eigenvalue weighted by Crippen LogP contribution is 2.28. The molecule has 2 rings (SSSR count). The molecule has 0 spiro atoms. The first kappa shape index (κ1) is 13.5. The van der Waals surface area contributed by atoms with Gasteiger partial charge in [-0.15, -0.1) is 0 Å². The van der Waals surface area contributed by atoms with Crippen molar-refractivity contribution >= 4 is 28.1 Å². The Balaban J connectivity index is 2.31. The third-order valence-corrected chi connectivity index (χ3v) is 3.55. The average Bonchev–Trinajstić information content (AvgIpc) is 2.68. The molecule has 1 aromatic heterocycles. The number of rotatable bonds is 4. The minimum absolute atomic E-state index is 0.0736. The maximum absolute atomic E-state index is 12.4. The molecule has 0 fully saturated rings. The summed E-state index contributed by atoms with van der Waals surface area (Å²) in [6.07, 6.45) is 0. The zero-order valence-electron chi connectivity index (χ0n) is 11.2. The molecular weight excluding hydrogens is 258 g/mol. The van der Waals surface area contributed by atoms with Gasteiger partial charge in [-0.2, -0.15) is 0 Å². The molecule has 0 saturated carbocycles. The number of anilines is 2. The van der Waals surface area contributed by atoms with Crippen molar-refractivity contribution < 1.29 is 4.79 Å².